The molecule has 0 unspecified atom stereocenters. The van der Waals surface area contributed by atoms with Crippen molar-refractivity contribution >= 4 is 39.7 Å². The summed E-state index contributed by atoms with van der Waals surface area (Å²) in [5.41, 5.74) is 8.01. The van der Waals surface area contributed by atoms with Crippen molar-refractivity contribution < 1.29 is 13.5 Å². The predicted octanol–water partition coefficient (Wildman–Crippen LogP) is 4.22. The molecule has 0 bridgehead atoms. The molecule has 0 saturated heterocycles. The first-order valence-electron chi connectivity index (χ1n) is 5.41. The summed E-state index contributed by atoms with van der Waals surface area (Å²) in [5, 5.41) is 3.11. The van der Waals surface area contributed by atoms with Crippen LogP contribution in [0.15, 0.2) is 42.5 Å². The van der Waals surface area contributed by atoms with Crippen molar-refractivity contribution in [1.82, 2.24) is 0 Å². The number of benzene rings is 2. The molecule has 2 aromatic carbocycles. The molecular weight excluding hydrogens is 365 g/mol. The third-order valence-electron chi connectivity index (χ3n) is 2.37. The van der Waals surface area contributed by atoms with Gasteiger partial charge < -0.3 is 15.8 Å². The SMILES string of the molecule is Nc1cc(I)ccc1Nc1ccc(OC(F)F)cc1. The van der Waals surface area contributed by atoms with E-state index in [1.165, 1.54) is 12.1 Å². The molecule has 100 valence electrons. The lowest BCUT2D eigenvalue weighted by Crippen LogP contribution is -2.02. The van der Waals surface area contributed by atoms with Gasteiger partial charge in [0.1, 0.15) is 5.75 Å². The second kappa shape index (κ2) is 6.05. The van der Waals surface area contributed by atoms with E-state index >= 15 is 0 Å². The van der Waals surface area contributed by atoms with E-state index in [9.17, 15) is 8.78 Å². The van der Waals surface area contributed by atoms with Crippen molar-refractivity contribution in [3.8, 4) is 5.75 Å². The van der Waals surface area contributed by atoms with Gasteiger partial charge in [0.25, 0.3) is 0 Å². The molecule has 0 spiro atoms. The Balaban J connectivity index is 2.10. The molecule has 19 heavy (non-hydrogen) atoms. The number of halogens is 3. The summed E-state index contributed by atoms with van der Waals surface area (Å²) >= 11 is 2.17. The fraction of sp³-hybridized carbons (Fsp3) is 0.0769. The molecule has 0 radical (unpaired) electrons. The molecule has 0 aliphatic heterocycles. The van der Waals surface area contributed by atoms with Crippen molar-refractivity contribution in [2.75, 3.05) is 11.1 Å². The highest BCUT2D eigenvalue weighted by molar-refractivity contribution is 14.1. The molecule has 0 heterocycles. The smallest absolute Gasteiger partial charge is 0.387 e. The minimum atomic E-state index is -2.81. The zero-order valence-corrected chi connectivity index (χ0v) is 11.9. The first-order chi connectivity index (χ1) is 9.04. The molecule has 0 aliphatic rings. The van der Waals surface area contributed by atoms with E-state index in [4.69, 9.17) is 5.73 Å². The van der Waals surface area contributed by atoms with Crippen molar-refractivity contribution in [2.24, 2.45) is 0 Å². The normalized spacial score (nSPS) is 10.5. The van der Waals surface area contributed by atoms with Gasteiger partial charge in [-0.3, -0.25) is 0 Å². The summed E-state index contributed by atoms with van der Waals surface area (Å²) in [6, 6.07) is 11.9. The van der Waals surface area contributed by atoms with Gasteiger partial charge in [0, 0.05) is 9.26 Å². The van der Waals surface area contributed by atoms with Crippen molar-refractivity contribution in [3.63, 3.8) is 0 Å². The summed E-state index contributed by atoms with van der Waals surface area (Å²) in [4.78, 5) is 0. The summed E-state index contributed by atoms with van der Waals surface area (Å²) in [6.45, 7) is -2.81. The van der Waals surface area contributed by atoms with Gasteiger partial charge in [-0.1, -0.05) is 0 Å². The minimum Gasteiger partial charge on any atom is -0.435 e. The standard InChI is InChI=1S/C13H11F2IN2O/c14-13(15)19-10-4-2-9(3-5-10)18-12-6-1-8(16)7-11(12)17/h1-7,13,18H,17H2. The van der Waals surface area contributed by atoms with Crippen LogP contribution in [0.4, 0.5) is 25.8 Å². The molecule has 0 aromatic heterocycles. The number of ether oxygens (including phenoxy) is 1. The number of anilines is 3. The van der Waals surface area contributed by atoms with Gasteiger partial charge in [-0.2, -0.15) is 8.78 Å². The summed E-state index contributed by atoms with van der Waals surface area (Å²) in [5.74, 6) is 0.121. The molecule has 0 aliphatic carbocycles. The van der Waals surface area contributed by atoms with Crippen LogP contribution in [0, 0.1) is 3.57 Å². The second-order valence-corrected chi connectivity index (χ2v) is 5.01. The van der Waals surface area contributed by atoms with Crippen LogP contribution in [0.25, 0.3) is 0 Å². The Hall–Kier alpha value is -1.57. The first-order valence-corrected chi connectivity index (χ1v) is 6.49. The lowest BCUT2D eigenvalue weighted by atomic mass is 10.2. The lowest BCUT2D eigenvalue weighted by Gasteiger charge is -2.10. The largest absolute Gasteiger partial charge is 0.435 e. The number of nitrogens with two attached hydrogens (primary N) is 1. The Morgan fingerprint density at radius 3 is 2.37 bits per heavy atom. The van der Waals surface area contributed by atoms with Crippen LogP contribution < -0.4 is 15.8 Å². The molecule has 2 rings (SSSR count). The Bertz CT molecular complexity index is 561. The fourth-order valence-electron chi connectivity index (χ4n) is 1.52. The van der Waals surface area contributed by atoms with Gasteiger partial charge in [0.05, 0.1) is 11.4 Å². The predicted molar refractivity (Wildman–Crippen MR) is 79.9 cm³/mol. The number of rotatable bonds is 4. The highest BCUT2D eigenvalue weighted by atomic mass is 127. The van der Waals surface area contributed by atoms with Crippen LogP contribution >= 0.6 is 22.6 Å². The lowest BCUT2D eigenvalue weighted by molar-refractivity contribution is -0.0498. The van der Waals surface area contributed by atoms with Crippen LogP contribution in [0.1, 0.15) is 0 Å². The van der Waals surface area contributed by atoms with Gasteiger partial charge in [-0.05, 0) is 65.1 Å². The molecule has 3 N–H and O–H groups in total. The fourth-order valence-corrected chi connectivity index (χ4v) is 2.04. The van der Waals surface area contributed by atoms with E-state index in [-0.39, 0.29) is 5.75 Å². The Morgan fingerprint density at radius 1 is 1.11 bits per heavy atom. The summed E-state index contributed by atoms with van der Waals surface area (Å²) in [7, 11) is 0. The number of hydrogen-bond acceptors (Lipinski definition) is 3. The minimum absolute atomic E-state index is 0.121. The van der Waals surface area contributed by atoms with Gasteiger partial charge in [0.15, 0.2) is 0 Å². The molecule has 0 saturated carbocycles. The number of nitrogen functional groups attached to an aromatic ring is 1. The maximum absolute atomic E-state index is 12.0. The van der Waals surface area contributed by atoms with Crippen LogP contribution in [0.3, 0.4) is 0 Å². The Morgan fingerprint density at radius 2 is 1.79 bits per heavy atom. The van der Waals surface area contributed by atoms with Crippen molar-refractivity contribution in [2.45, 2.75) is 6.61 Å². The van der Waals surface area contributed by atoms with E-state index < -0.39 is 6.61 Å². The zero-order valence-electron chi connectivity index (χ0n) is 9.74. The van der Waals surface area contributed by atoms with Gasteiger partial charge in [-0.25, -0.2) is 0 Å². The van der Waals surface area contributed by atoms with E-state index in [0.29, 0.717) is 5.69 Å². The molecule has 0 amide bonds. The quantitative estimate of drug-likeness (QED) is 0.621. The number of alkyl halides is 2. The van der Waals surface area contributed by atoms with Crippen LogP contribution in [0.2, 0.25) is 0 Å². The highest BCUT2D eigenvalue weighted by Gasteiger charge is 2.04. The van der Waals surface area contributed by atoms with Gasteiger partial charge in [-0.15, -0.1) is 0 Å². The molecule has 6 heteroatoms. The molecule has 0 atom stereocenters. The maximum atomic E-state index is 12.0. The number of hydrogen-bond donors (Lipinski definition) is 2. The Labute approximate surface area is 122 Å². The van der Waals surface area contributed by atoms with E-state index in [0.717, 1.165) is 14.9 Å². The molecule has 0 fully saturated rings. The average Bonchev–Trinajstić information content (AvgIpc) is 2.34. The van der Waals surface area contributed by atoms with Crippen LogP contribution in [-0.2, 0) is 0 Å². The third kappa shape index (κ3) is 3.95. The molecule has 2 aromatic rings. The van der Waals surface area contributed by atoms with Gasteiger partial charge >= 0.3 is 6.61 Å². The molecule has 3 nitrogen and oxygen atoms in total. The summed E-state index contributed by atoms with van der Waals surface area (Å²) < 4.78 is 29.3. The monoisotopic (exact) mass is 376 g/mol. The summed E-state index contributed by atoms with van der Waals surface area (Å²) in [6.07, 6.45) is 0. The third-order valence-corrected chi connectivity index (χ3v) is 3.04. The zero-order chi connectivity index (χ0) is 13.8. The molecular formula is C13H11F2IN2O. The average molecular weight is 376 g/mol. The van der Waals surface area contributed by atoms with Crippen LogP contribution in [0.5, 0.6) is 5.75 Å². The van der Waals surface area contributed by atoms with Gasteiger partial charge in [0.2, 0.25) is 0 Å². The first kappa shape index (κ1) is 13.9. The topological polar surface area (TPSA) is 47.3 Å². The highest BCUT2D eigenvalue weighted by Crippen LogP contribution is 2.26. The Kier molecular flexibility index (Phi) is 4.41. The van der Waals surface area contributed by atoms with E-state index in [1.54, 1.807) is 12.1 Å². The van der Waals surface area contributed by atoms with Crippen molar-refractivity contribution in [3.05, 3.63) is 46.0 Å². The van der Waals surface area contributed by atoms with Crippen molar-refractivity contribution in [1.29, 1.82) is 0 Å². The van der Waals surface area contributed by atoms with Crippen LogP contribution in [-0.4, -0.2) is 6.61 Å². The maximum Gasteiger partial charge on any atom is 0.387 e. The van der Waals surface area contributed by atoms with E-state index in [2.05, 4.69) is 32.6 Å². The second-order valence-electron chi connectivity index (χ2n) is 3.76. The number of nitrogens with one attached hydrogen (secondary N) is 1. The van der Waals surface area contributed by atoms with E-state index in [1.807, 2.05) is 18.2 Å².